The van der Waals surface area contributed by atoms with E-state index in [4.69, 9.17) is 4.74 Å². The molecule has 0 spiro atoms. The van der Waals surface area contributed by atoms with E-state index in [1.54, 1.807) is 13.2 Å². The summed E-state index contributed by atoms with van der Waals surface area (Å²) < 4.78 is 19.4. The van der Waals surface area contributed by atoms with Crippen LogP contribution in [0.1, 0.15) is 16.8 Å². The molecular formula is C18H19FN2O2. The zero-order chi connectivity index (χ0) is 16.2. The molecule has 0 radical (unpaired) electrons. The summed E-state index contributed by atoms with van der Waals surface area (Å²) in [5, 5.41) is 6.02. The maximum atomic E-state index is 14.3. The number of carbonyl (C=O) groups excluding carboxylic acids is 1. The zero-order valence-corrected chi connectivity index (χ0v) is 12.9. The van der Waals surface area contributed by atoms with Gasteiger partial charge in [0.25, 0.3) is 5.91 Å². The van der Waals surface area contributed by atoms with Crippen LogP contribution >= 0.6 is 0 Å². The third-order valence-electron chi connectivity index (χ3n) is 4.03. The number of amides is 1. The Balaban J connectivity index is 1.77. The highest BCUT2D eigenvalue weighted by atomic mass is 19.1. The maximum Gasteiger partial charge on any atom is 0.254 e. The number of hydrogen-bond acceptors (Lipinski definition) is 3. The molecule has 23 heavy (non-hydrogen) atoms. The molecular weight excluding hydrogens is 295 g/mol. The van der Waals surface area contributed by atoms with Crippen molar-refractivity contribution < 1.29 is 13.9 Å². The average molecular weight is 314 g/mol. The highest BCUT2D eigenvalue weighted by Crippen LogP contribution is 2.24. The van der Waals surface area contributed by atoms with Crippen molar-refractivity contribution in [2.45, 2.75) is 12.5 Å². The largest absolute Gasteiger partial charge is 0.497 e. The van der Waals surface area contributed by atoms with Crippen molar-refractivity contribution in [3.05, 3.63) is 53.8 Å². The first-order chi connectivity index (χ1) is 11.2. The van der Waals surface area contributed by atoms with Crippen molar-refractivity contribution >= 4 is 5.91 Å². The summed E-state index contributed by atoms with van der Waals surface area (Å²) in [5.74, 6) is -0.130. The van der Waals surface area contributed by atoms with Gasteiger partial charge in [-0.3, -0.25) is 4.79 Å². The lowest BCUT2D eigenvalue weighted by Gasteiger charge is -2.12. The minimum absolute atomic E-state index is 0.0724. The normalized spacial score (nSPS) is 17.0. The smallest absolute Gasteiger partial charge is 0.254 e. The molecule has 0 aromatic heterocycles. The molecule has 2 aromatic carbocycles. The van der Waals surface area contributed by atoms with Crippen LogP contribution in [-0.2, 0) is 0 Å². The molecule has 0 saturated carbocycles. The van der Waals surface area contributed by atoms with Gasteiger partial charge in [-0.2, -0.15) is 0 Å². The van der Waals surface area contributed by atoms with Gasteiger partial charge in [-0.25, -0.2) is 4.39 Å². The molecule has 1 fully saturated rings. The molecule has 5 heteroatoms. The summed E-state index contributed by atoms with van der Waals surface area (Å²) in [6.45, 7) is 1.61. The van der Waals surface area contributed by atoms with E-state index in [-0.39, 0.29) is 17.5 Å². The molecule has 1 unspecified atom stereocenters. The van der Waals surface area contributed by atoms with E-state index in [0.29, 0.717) is 0 Å². The summed E-state index contributed by atoms with van der Waals surface area (Å²) in [4.78, 5) is 12.2. The van der Waals surface area contributed by atoms with E-state index in [2.05, 4.69) is 10.6 Å². The van der Waals surface area contributed by atoms with Crippen molar-refractivity contribution in [1.29, 1.82) is 0 Å². The molecule has 1 aliphatic heterocycles. The van der Waals surface area contributed by atoms with Gasteiger partial charge in [-0.1, -0.05) is 18.2 Å². The van der Waals surface area contributed by atoms with Crippen molar-refractivity contribution in [1.82, 2.24) is 10.6 Å². The molecule has 1 amide bonds. The van der Waals surface area contributed by atoms with Crippen LogP contribution in [0.3, 0.4) is 0 Å². The van der Waals surface area contributed by atoms with Crippen molar-refractivity contribution in [3.8, 4) is 16.9 Å². The number of ether oxygens (including phenoxy) is 1. The fourth-order valence-electron chi connectivity index (χ4n) is 2.70. The van der Waals surface area contributed by atoms with Crippen LogP contribution < -0.4 is 15.4 Å². The van der Waals surface area contributed by atoms with Crippen LogP contribution in [0.5, 0.6) is 5.75 Å². The lowest BCUT2D eigenvalue weighted by atomic mass is 10.0. The summed E-state index contributed by atoms with van der Waals surface area (Å²) in [7, 11) is 1.60. The van der Waals surface area contributed by atoms with E-state index < -0.39 is 5.82 Å². The topological polar surface area (TPSA) is 50.4 Å². The minimum atomic E-state index is -0.512. The molecule has 3 rings (SSSR count). The number of halogens is 1. The number of hydrogen-bond donors (Lipinski definition) is 2. The second-order valence-corrected chi connectivity index (χ2v) is 5.59. The molecule has 4 nitrogen and oxygen atoms in total. The monoisotopic (exact) mass is 314 g/mol. The number of nitrogens with one attached hydrogen (secondary N) is 2. The Morgan fingerprint density at radius 2 is 1.96 bits per heavy atom. The second kappa shape index (κ2) is 6.79. The third-order valence-corrected chi connectivity index (χ3v) is 4.03. The number of rotatable bonds is 4. The van der Waals surface area contributed by atoms with Crippen LogP contribution in [-0.4, -0.2) is 32.1 Å². The molecule has 1 atom stereocenters. The van der Waals surface area contributed by atoms with Gasteiger partial charge in [-0.15, -0.1) is 0 Å². The van der Waals surface area contributed by atoms with Gasteiger partial charge in [0.05, 0.1) is 12.7 Å². The molecule has 2 N–H and O–H groups in total. The lowest BCUT2D eigenvalue weighted by molar-refractivity contribution is 0.0936. The standard InChI is InChI=1S/C18H19FN2O2/c1-23-15-5-2-12(3-6-15)13-4-7-16(17(19)10-13)18(22)21-14-8-9-20-11-14/h2-7,10,14,20H,8-9,11H2,1H3,(H,21,22). The Morgan fingerprint density at radius 1 is 1.22 bits per heavy atom. The summed E-state index contributed by atoms with van der Waals surface area (Å²) in [6, 6.07) is 12.1. The quantitative estimate of drug-likeness (QED) is 0.912. The van der Waals surface area contributed by atoms with Crippen LogP contribution in [0.4, 0.5) is 4.39 Å². The van der Waals surface area contributed by atoms with Gasteiger partial charge in [0.15, 0.2) is 0 Å². The maximum absolute atomic E-state index is 14.3. The Kier molecular flexibility index (Phi) is 4.57. The number of benzene rings is 2. The molecule has 0 bridgehead atoms. The molecule has 120 valence electrons. The number of carbonyl (C=O) groups is 1. The fraction of sp³-hybridized carbons (Fsp3) is 0.278. The van der Waals surface area contributed by atoms with Gasteiger partial charge in [0, 0.05) is 12.6 Å². The summed E-state index contributed by atoms with van der Waals surface area (Å²) in [5.41, 5.74) is 1.68. The van der Waals surface area contributed by atoms with Crippen molar-refractivity contribution in [2.75, 3.05) is 20.2 Å². The van der Waals surface area contributed by atoms with E-state index in [9.17, 15) is 9.18 Å². The molecule has 1 saturated heterocycles. The minimum Gasteiger partial charge on any atom is -0.497 e. The Labute approximate surface area is 134 Å². The van der Waals surface area contributed by atoms with Crippen molar-refractivity contribution in [2.24, 2.45) is 0 Å². The van der Waals surface area contributed by atoms with Gasteiger partial charge < -0.3 is 15.4 Å². The Bertz CT molecular complexity index is 695. The average Bonchev–Trinajstić information content (AvgIpc) is 3.07. The summed E-state index contributed by atoms with van der Waals surface area (Å²) in [6.07, 6.45) is 0.872. The molecule has 2 aromatic rings. The zero-order valence-electron chi connectivity index (χ0n) is 12.9. The van der Waals surface area contributed by atoms with Crippen LogP contribution in [0, 0.1) is 5.82 Å². The first-order valence-electron chi connectivity index (χ1n) is 7.63. The first-order valence-corrected chi connectivity index (χ1v) is 7.63. The highest BCUT2D eigenvalue weighted by molar-refractivity contribution is 5.95. The Hall–Kier alpha value is -2.40. The SMILES string of the molecule is COc1ccc(-c2ccc(C(=O)NC3CCNC3)c(F)c2)cc1. The highest BCUT2D eigenvalue weighted by Gasteiger charge is 2.19. The summed E-state index contributed by atoms with van der Waals surface area (Å²) >= 11 is 0. The predicted octanol–water partition coefficient (Wildman–Crippen LogP) is 2.59. The van der Waals surface area contributed by atoms with E-state index >= 15 is 0 Å². The van der Waals surface area contributed by atoms with E-state index in [1.807, 2.05) is 24.3 Å². The van der Waals surface area contributed by atoms with E-state index in [1.165, 1.54) is 12.1 Å². The fourth-order valence-corrected chi connectivity index (χ4v) is 2.70. The van der Waals surface area contributed by atoms with Gasteiger partial charge >= 0.3 is 0 Å². The number of methoxy groups -OCH3 is 1. The lowest BCUT2D eigenvalue weighted by Crippen LogP contribution is -2.36. The van der Waals surface area contributed by atoms with E-state index in [0.717, 1.165) is 36.4 Å². The van der Waals surface area contributed by atoms with Crippen LogP contribution in [0.2, 0.25) is 0 Å². The van der Waals surface area contributed by atoms with Crippen LogP contribution in [0.25, 0.3) is 11.1 Å². The Morgan fingerprint density at radius 3 is 2.57 bits per heavy atom. The second-order valence-electron chi connectivity index (χ2n) is 5.59. The molecule has 1 aliphatic rings. The van der Waals surface area contributed by atoms with Gasteiger partial charge in [0.2, 0.25) is 0 Å². The molecule has 0 aliphatic carbocycles. The first kappa shape index (κ1) is 15.5. The van der Waals surface area contributed by atoms with Gasteiger partial charge in [0.1, 0.15) is 11.6 Å². The van der Waals surface area contributed by atoms with Gasteiger partial charge in [-0.05, 0) is 48.4 Å². The van der Waals surface area contributed by atoms with Crippen molar-refractivity contribution in [3.63, 3.8) is 0 Å². The predicted molar refractivity (Wildman–Crippen MR) is 87.1 cm³/mol. The van der Waals surface area contributed by atoms with Crippen LogP contribution in [0.15, 0.2) is 42.5 Å². The third kappa shape index (κ3) is 3.51. The molecule has 1 heterocycles.